The molecule has 1 aromatic carbocycles. The zero-order chi connectivity index (χ0) is 17.6. The molecule has 1 amide bonds. The van der Waals surface area contributed by atoms with Gasteiger partial charge in [0, 0.05) is 36.4 Å². The van der Waals surface area contributed by atoms with Crippen LogP contribution in [-0.4, -0.2) is 32.2 Å². The van der Waals surface area contributed by atoms with Crippen LogP contribution in [0.3, 0.4) is 0 Å². The summed E-state index contributed by atoms with van der Waals surface area (Å²) in [6.07, 6.45) is 2.62. The number of aromatic amines is 1. The van der Waals surface area contributed by atoms with Gasteiger partial charge in [0.15, 0.2) is 0 Å². The zero-order valence-corrected chi connectivity index (χ0v) is 14.8. The largest absolute Gasteiger partial charge is 0.350 e. The number of nitrogens with zero attached hydrogens (tertiary/aromatic N) is 3. The van der Waals surface area contributed by atoms with Crippen molar-refractivity contribution in [1.82, 2.24) is 25.1 Å². The fourth-order valence-corrected chi connectivity index (χ4v) is 3.42. The lowest BCUT2D eigenvalue weighted by atomic mass is 9.94. The number of aryl methyl sites for hydroxylation is 2. The van der Waals surface area contributed by atoms with E-state index in [9.17, 15) is 4.79 Å². The number of amides is 1. The van der Waals surface area contributed by atoms with Crippen LogP contribution >= 0.6 is 11.6 Å². The van der Waals surface area contributed by atoms with E-state index in [-0.39, 0.29) is 11.8 Å². The first-order valence-electron chi connectivity index (χ1n) is 8.14. The van der Waals surface area contributed by atoms with Crippen LogP contribution in [0.5, 0.6) is 0 Å². The van der Waals surface area contributed by atoms with Crippen molar-refractivity contribution in [2.75, 3.05) is 6.54 Å². The van der Waals surface area contributed by atoms with Crippen LogP contribution in [0.4, 0.5) is 0 Å². The molecule has 0 fully saturated rings. The van der Waals surface area contributed by atoms with Gasteiger partial charge in [0.05, 0.1) is 11.3 Å². The van der Waals surface area contributed by atoms with E-state index in [2.05, 4.69) is 20.4 Å². The summed E-state index contributed by atoms with van der Waals surface area (Å²) in [7, 11) is 1.87. The summed E-state index contributed by atoms with van der Waals surface area (Å²) < 4.78 is 1.75. The summed E-state index contributed by atoms with van der Waals surface area (Å²) in [6.45, 7) is 2.51. The van der Waals surface area contributed by atoms with Gasteiger partial charge in [-0.05, 0) is 31.0 Å². The Morgan fingerprint density at radius 1 is 1.28 bits per heavy atom. The number of hydrogen-bond acceptors (Lipinski definition) is 3. The van der Waals surface area contributed by atoms with Crippen molar-refractivity contribution in [1.29, 1.82) is 0 Å². The van der Waals surface area contributed by atoms with Crippen molar-refractivity contribution in [3.63, 3.8) is 0 Å². The normalized spacial score (nSPS) is 17.1. The second-order valence-electron chi connectivity index (χ2n) is 6.38. The van der Waals surface area contributed by atoms with Crippen molar-refractivity contribution < 1.29 is 4.79 Å². The Bertz CT molecular complexity index is 941. The summed E-state index contributed by atoms with van der Waals surface area (Å²) in [5, 5.41) is 8.03. The molecule has 7 heteroatoms. The van der Waals surface area contributed by atoms with E-state index in [0.29, 0.717) is 29.5 Å². The highest BCUT2D eigenvalue weighted by atomic mass is 35.5. The molecule has 1 aliphatic heterocycles. The van der Waals surface area contributed by atoms with Gasteiger partial charge in [-0.15, -0.1) is 0 Å². The van der Waals surface area contributed by atoms with Gasteiger partial charge in [0.2, 0.25) is 0 Å². The Kier molecular flexibility index (Phi) is 3.84. The number of H-pyrrole nitrogens is 1. The van der Waals surface area contributed by atoms with Crippen molar-refractivity contribution in [2.45, 2.75) is 19.3 Å². The average molecular weight is 356 g/mol. The number of nitrogens with one attached hydrogen (secondary N) is 2. The number of halogens is 1. The Morgan fingerprint density at radius 2 is 2.04 bits per heavy atom. The number of carbonyl (C=O) groups excluding carboxylic acids is 1. The summed E-state index contributed by atoms with van der Waals surface area (Å²) in [5.74, 6) is 0.712. The molecule has 4 rings (SSSR count). The molecular weight excluding hydrogens is 338 g/mol. The Balaban J connectivity index is 1.71. The van der Waals surface area contributed by atoms with E-state index in [1.165, 1.54) is 0 Å². The fourth-order valence-electron chi connectivity index (χ4n) is 3.29. The van der Waals surface area contributed by atoms with E-state index in [0.717, 1.165) is 22.5 Å². The number of fused-ring (bicyclic) bond motifs is 1. The second-order valence-corrected chi connectivity index (χ2v) is 6.81. The zero-order valence-electron chi connectivity index (χ0n) is 14.0. The first-order valence-corrected chi connectivity index (χ1v) is 8.52. The van der Waals surface area contributed by atoms with Crippen LogP contribution in [0.25, 0.3) is 11.4 Å². The van der Waals surface area contributed by atoms with Gasteiger partial charge < -0.3 is 10.3 Å². The molecule has 0 aliphatic carbocycles. The molecule has 2 N–H and O–H groups in total. The highest BCUT2D eigenvalue weighted by Crippen LogP contribution is 2.28. The van der Waals surface area contributed by atoms with Crippen molar-refractivity contribution >= 4 is 17.5 Å². The van der Waals surface area contributed by atoms with Crippen LogP contribution in [0.2, 0.25) is 5.02 Å². The van der Waals surface area contributed by atoms with Gasteiger partial charge in [-0.1, -0.05) is 23.7 Å². The molecule has 0 spiro atoms. The summed E-state index contributed by atoms with van der Waals surface area (Å²) in [4.78, 5) is 20.3. The van der Waals surface area contributed by atoms with Crippen LogP contribution in [0.1, 0.15) is 33.4 Å². The minimum absolute atomic E-state index is 0.143. The topological polar surface area (TPSA) is 75.6 Å². The molecule has 128 valence electrons. The fraction of sp³-hybridized carbons (Fsp3) is 0.278. The maximum absolute atomic E-state index is 12.4. The SMILES string of the molecule is Cc1nn(C)cc1-c1nc2c([nH]1)CC(c1ccc(Cl)cc1)CNC2=O. The standard InChI is InChI=1S/C18H18ClN5O/c1-10-14(9-24(2)23-10)17-21-15-7-12(8-20-18(25)16(15)22-17)11-3-5-13(19)6-4-11/h3-6,9,12H,7-8H2,1-2H3,(H,20,25)(H,21,22). The van der Waals surface area contributed by atoms with E-state index in [1.54, 1.807) is 4.68 Å². The summed E-state index contributed by atoms with van der Waals surface area (Å²) in [5.41, 5.74) is 4.25. The molecule has 1 unspecified atom stereocenters. The van der Waals surface area contributed by atoms with E-state index < -0.39 is 0 Å². The van der Waals surface area contributed by atoms with Gasteiger partial charge in [0.25, 0.3) is 5.91 Å². The van der Waals surface area contributed by atoms with E-state index >= 15 is 0 Å². The van der Waals surface area contributed by atoms with Crippen LogP contribution in [0.15, 0.2) is 30.5 Å². The minimum Gasteiger partial charge on any atom is -0.350 e. The van der Waals surface area contributed by atoms with Gasteiger partial charge in [0.1, 0.15) is 11.5 Å². The third-order valence-corrected chi connectivity index (χ3v) is 4.82. The molecule has 1 aliphatic rings. The van der Waals surface area contributed by atoms with Gasteiger partial charge in [-0.2, -0.15) is 5.10 Å². The predicted molar refractivity (Wildman–Crippen MR) is 95.8 cm³/mol. The lowest BCUT2D eigenvalue weighted by Crippen LogP contribution is -2.26. The van der Waals surface area contributed by atoms with Crippen molar-refractivity contribution in [3.8, 4) is 11.4 Å². The van der Waals surface area contributed by atoms with Crippen LogP contribution in [0, 0.1) is 6.92 Å². The Hall–Kier alpha value is -2.60. The average Bonchev–Trinajstić information content (AvgIpc) is 3.10. The third-order valence-electron chi connectivity index (χ3n) is 4.56. The Labute approximate surface area is 150 Å². The van der Waals surface area contributed by atoms with Gasteiger partial charge in [-0.3, -0.25) is 9.48 Å². The molecule has 3 heterocycles. The van der Waals surface area contributed by atoms with Crippen molar-refractivity contribution in [3.05, 3.63) is 58.1 Å². The molecule has 0 bridgehead atoms. The van der Waals surface area contributed by atoms with E-state index in [1.807, 2.05) is 44.4 Å². The maximum atomic E-state index is 12.4. The number of hydrogen-bond donors (Lipinski definition) is 2. The monoisotopic (exact) mass is 355 g/mol. The lowest BCUT2D eigenvalue weighted by molar-refractivity contribution is 0.0950. The first kappa shape index (κ1) is 15.9. The lowest BCUT2D eigenvalue weighted by Gasteiger charge is -2.14. The summed E-state index contributed by atoms with van der Waals surface area (Å²) in [6, 6.07) is 7.77. The molecule has 6 nitrogen and oxygen atoms in total. The third kappa shape index (κ3) is 2.93. The van der Waals surface area contributed by atoms with Crippen molar-refractivity contribution in [2.24, 2.45) is 7.05 Å². The Morgan fingerprint density at radius 3 is 2.72 bits per heavy atom. The molecule has 1 atom stereocenters. The number of carbonyl (C=O) groups is 1. The molecule has 0 radical (unpaired) electrons. The molecule has 3 aromatic rings. The molecular formula is C18H18ClN5O. The second kappa shape index (κ2) is 6.04. The molecule has 0 saturated carbocycles. The predicted octanol–water partition coefficient (Wildman–Crippen LogP) is 2.84. The quantitative estimate of drug-likeness (QED) is 0.742. The first-order chi connectivity index (χ1) is 12.0. The number of imidazole rings is 1. The maximum Gasteiger partial charge on any atom is 0.271 e. The molecule has 25 heavy (non-hydrogen) atoms. The summed E-state index contributed by atoms with van der Waals surface area (Å²) >= 11 is 5.98. The number of rotatable bonds is 2. The number of aromatic nitrogens is 4. The highest BCUT2D eigenvalue weighted by molar-refractivity contribution is 6.30. The van der Waals surface area contributed by atoms with Crippen LogP contribution in [-0.2, 0) is 13.5 Å². The van der Waals surface area contributed by atoms with Gasteiger partial charge in [-0.25, -0.2) is 4.98 Å². The molecule has 2 aromatic heterocycles. The van der Waals surface area contributed by atoms with Gasteiger partial charge >= 0.3 is 0 Å². The number of benzene rings is 1. The molecule has 0 saturated heterocycles. The minimum atomic E-state index is -0.143. The smallest absolute Gasteiger partial charge is 0.271 e. The van der Waals surface area contributed by atoms with E-state index in [4.69, 9.17) is 11.6 Å². The van der Waals surface area contributed by atoms with Crippen LogP contribution < -0.4 is 5.32 Å². The highest BCUT2D eigenvalue weighted by Gasteiger charge is 2.27.